The second-order valence-electron chi connectivity index (χ2n) is 5.44. The van der Waals surface area contributed by atoms with Gasteiger partial charge in [0.15, 0.2) is 17.3 Å². The summed E-state index contributed by atoms with van der Waals surface area (Å²) in [7, 11) is 0. The number of hydrogen-bond donors (Lipinski definition) is 0. The summed E-state index contributed by atoms with van der Waals surface area (Å²) < 4.78 is 10.7. The van der Waals surface area contributed by atoms with Crippen molar-refractivity contribution in [3.8, 4) is 11.5 Å². The van der Waals surface area contributed by atoms with Crippen LogP contribution in [0.25, 0.3) is 0 Å². The van der Waals surface area contributed by atoms with E-state index >= 15 is 0 Å². The van der Waals surface area contributed by atoms with Crippen molar-refractivity contribution >= 4 is 11.6 Å². The van der Waals surface area contributed by atoms with Gasteiger partial charge in [0.25, 0.3) is 0 Å². The first-order chi connectivity index (χ1) is 10.5. The van der Waals surface area contributed by atoms with Crippen molar-refractivity contribution < 1.29 is 19.1 Å². The first-order valence-corrected chi connectivity index (χ1v) is 7.08. The lowest BCUT2D eigenvalue weighted by Crippen LogP contribution is -2.08. The molecule has 1 heterocycles. The third kappa shape index (κ3) is 2.72. The van der Waals surface area contributed by atoms with Crippen LogP contribution in [0.2, 0.25) is 0 Å². The first kappa shape index (κ1) is 14.3. The minimum Gasteiger partial charge on any atom is -0.454 e. The van der Waals surface area contributed by atoms with Crippen molar-refractivity contribution in [1.29, 1.82) is 0 Å². The lowest BCUT2D eigenvalue weighted by molar-refractivity contribution is -0.116. The van der Waals surface area contributed by atoms with Crippen LogP contribution >= 0.6 is 0 Å². The fourth-order valence-corrected chi connectivity index (χ4v) is 2.47. The molecule has 0 unspecified atom stereocenters. The molecule has 0 fully saturated rings. The molecule has 112 valence electrons. The summed E-state index contributed by atoms with van der Waals surface area (Å²) >= 11 is 0. The molecule has 0 N–H and O–H groups in total. The molecule has 1 aliphatic heterocycles. The molecular formula is C18H16O4. The predicted molar refractivity (Wildman–Crippen MR) is 81.6 cm³/mol. The van der Waals surface area contributed by atoms with E-state index in [1.165, 1.54) is 6.92 Å². The number of hydrogen-bond acceptors (Lipinski definition) is 4. The van der Waals surface area contributed by atoms with E-state index in [1.54, 1.807) is 24.3 Å². The molecule has 0 aromatic heterocycles. The van der Waals surface area contributed by atoms with Crippen LogP contribution in [0.1, 0.15) is 34.0 Å². The molecule has 1 aliphatic rings. The lowest BCUT2D eigenvalue weighted by atomic mass is 9.94. The molecule has 0 radical (unpaired) electrons. The number of benzene rings is 2. The lowest BCUT2D eigenvalue weighted by Gasteiger charge is -2.09. The van der Waals surface area contributed by atoms with Crippen LogP contribution in [-0.4, -0.2) is 18.4 Å². The molecular weight excluding hydrogens is 280 g/mol. The molecule has 0 saturated carbocycles. The standard InChI is InChI=1S/C18H16O4/c1-11-3-5-13(6-4-11)18(20)15-9-17-16(21-10-22-17)8-14(15)7-12(2)19/h3-6,8-9H,7,10H2,1-2H3. The second-order valence-corrected chi connectivity index (χ2v) is 5.44. The normalized spacial score (nSPS) is 12.3. The minimum atomic E-state index is -0.116. The molecule has 2 aromatic rings. The van der Waals surface area contributed by atoms with Gasteiger partial charge in [0.1, 0.15) is 5.78 Å². The van der Waals surface area contributed by atoms with Crippen molar-refractivity contribution in [3.63, 3.8) is 0 Å². The zero-order valence-corrected chi connectivity index (χ0v) is 12.5. The van der Waals surface area contributed by atoms with Crippen LogP contribution in [0.3, 0.4) is 0 Å². The summed E-state index contributed by atoms with van der Waals surface area (Å²) in [6, 6.07) is 10.8. The van der Waals surface area contributed by atoms with E-state index in [1.807, 2.05) is 19.1 Å². The van der Waals surface area contributed by atoms with Crippen LogP contribution in [0, 0.1) is 6.92 Å². The number of aryl methyl sites for hydroxylation is 1. The Morgan fingerprint density at radius 2 is 1.68 bits per heavy atom. The molecule has 0 aliphatic carbocycles. The Kier molecular flexibility index (Phi) is 3.67. The van der Waals surface area contributed by atoms with Crippen molar-refractivity contribution in [2.24, 2.45) is 0 Å². The van der Waals surface area contributed by atoms with E-state index in [9.17, 15) is 9.59 Å². The molecule has 0 amide bonds. The smallest absolute Gasteiger partial charge is 0.231 e. The van der Waals surface area contributed by atoms with E-state index in [0.29, 0.717) is 28.2 Å². The number of ketones is 2. The number of Topliss-reactive ketones (excluding diaryl/α,β-unsaturated/α-hetero) is 1. The van der Waals surface area contributed by atoms with Crippen LogP contribution in [0.15, 0.2) is 36.4 Å². The molecule has 0 spiro atoms. The van der Waals surface area contributed by atoms with Gasteiger partial charge < -0.3 is 9.47 Å². The van der Waals surface area contributed by atoms with Gasteiger partial charge in [-0.3, -0.25) is 9.59 Å². The van der Waals surface area contributed by atoms with Gasteiger partial charge >= 0.3 is 0 Å². The molecule has 0 bridgehead atoms. The summed E-state index contributed by atoms with van der Waals surface area (Å²) in [5.41, 5.74) is 2.84. The third-order valence-electron chi connectivity index (χ3n) is 3.60. The fraction of sp³-hybridized carbons (Fsp3) is 0.222. The quantitative estimate of drug-likeness (QED) is 0.814. The Balaban J connectivity index is 2.06. The largest absolute Gasteiger partial charge is 0.454 e. The Hall–Kier alpha value is -2.62. The van der Waals surface area contributed by atoms with E-state index < -0.39 is 0 Å². The maximum absolute atomic E-state index is 12.8. The van der Waals surface area contributed by atoms with Crippen molar-refractivity contribution in [2.45, 2.75) is 20.3 Å². The molecule has 4 nitrogen and oxygen atoms in total. The summed E-state index contributed by atoms with van der Waals surface area (Å²) in [5.74, 6) is 1.01. The summed E-state index contributed by atoms with van der Waals surface area (Å²) in [6.07, 6.45) is 0.198. The SMILES string of the molecule is CC(=O)Cc1cc2c(cc1C(=O)c1ccc(C)cc1)OCO2. The summed E-state index contributed by atoms with van der Waals surface area (Å²) in [6.45, 7) is 3.61. The zero-order valence-electron chi connectivity index (χ0n) is 12.5. The van der Waals surface area contributed by atoms with Gasteiger partial charge in [-0.2, -0.15) is 0 Å². The molecule has 22 heavy (non-hydrogen) atoms. The zero-order chi connectivity index (χ0) is 15.7. The topological polar surface area (TPSA) is 52.6 Å². The summed E-state index contributed by atoms with van der Waals surface area (Å²) in [4.78, 5) is 24.2. The number of fused-ring (bicyclic) bond motifs is 1. The second kappa shape index (κ2) is 5.64. The fourth-order valence-electron chi connectivity index (χ4n) is 2.47. The first-order valence-electron chi connectivity index (χ1n) is 7.08. The molecule has 0 atom stereocenters. The van der Waals surface area contributed by atoms with Crippen molar-refractivity contribution in [2.75, 3.05) is 6.79 Å². The van der Waals surface area contributed by atoms with Gasteiger partial charge in [-0.1, -0.05) is 29.8 Å². The molecule has 4 heteroatoms. The van der Waals surface area contributed by atoms with Gasteiger partial charge in [0, 0.05) is 17.5 Å². The Morgan fingerprint density at radius 3 is 2.32 bits per heavy atom. The van der Waals surface area contributed by atoms with Crippen molar-refractivity contribution in [3.05, 3.63) is 58.7 Å². The maximum Gasteiger partial charge on any atom is 0.231 e. The van der Waals surface area contributed by atoms with Crippen molar-refractivity contribution in [1.82, 2.24) is 0 Å². The van der Waals surface area contributed by atoms with E-state index in [0.717, 1.165) is 5.56 Å². The third-order valence-corrected chi connectivity index (χ3v) is 3.60. The Bertz CT molecular complexity index is 744. The van der Waals surface area contributed by atoms with Crippen LogP contribution in [0.5, 0.6) is 11.5 Å². The van der Waals surface area contributed by atoms with Gasteiger partial charge in [0.05, 0.1) is 0 Å². The summed E-state index contributed by atoms with van der Waals surface area (Å²) in [5, 5.41) is 0. The van der Waals surface area contributed by atoms with E-state index in [4.69, 9.17) is 9.47 Å². The number of rotatable bonds is 4. The molecule has 3 rings (SSSR count). The van der Waals surface area contributed by atoms with Gasteiger partial charge in [-0.15, -0.1) is 0 Å². The number of carbonyl (C=O) groups excluding carboxylic acids is 2. The van der Waals surface area contributed by atoms with Gasteiger partial charge in [-0.25, -0.2) is 0 Å². The highest BCUT2D eigenvalue weighted by atomic mass is 16.7. The maximum atomic E-state index is 12.8. The van der Waals surface area contributed by atoms with E-state index in [2.05, 4.69) is 0 Å². The van der Waals surface area contributed by atoms with E-state index in [-0.39, 0.29) is 24.8 Å². The Morgan fingerprint density at radius 1 is 1.05 bits per heavy atom. The Labute approximate surface area is 128 Å². The monoisotopic (exact) mass is 296 g/mol. The number of ether oxygens (including phenoxy) is 2. The minimum absolute atomic E-state index is 0.00294. The predicted octanol–water partition coefficient (Wildman–Crippen LogP) is 3.09. The molecule has 2 aromatic carbocycles. The van der Waals surface area contributed by atoms with Crippen LogP contribution in [0.4, 0.5) is 0 Å². The average molecular weight is 296 g/mol. The highest BCUT2D eigenvalue weighted by molar-refractivity contribution is 6.10. The van der Waals surface area contributed by atoms with Crippen LogP contribution in [-0.2, 0) is 11.2 Å². The van der Waals surface area contributed by atoms with Crippen LogP contribution < -0.4 is 9.47 Å². The number of carbonyl (C=O) groups is 2. The highest BCUT2D eigenvalue weighted by Gasteiger charge is 2.22. The average Bonchev–Trinajstić information content (AvgIpc) is 2.93. The van der Waals surface area contributed by atoms with Gasteiger partial charge in [-0.05, 0) is 31.5 Å². The highest BCUT2D eigenvalue weighted by Crippen LogP contribution is 2.35. The molecule has 0 saturated heterocycles. The van der Waals surface area contributed by atoms with Gasteiger partial charge in [0.2, 0.25) is 6.79 Å².